The third kappa shape index (κ3) is 4.91. The highest BCUT2D eigenvalue weighted by Gasteiger charge is 2.15. The van der Waals surface area contributed by atoms with Crippen LogP contribution in [-0.4, -0.2) is 29.1 Å². The SMILES string of the molecule is COc1ccccc1NC(=O)Cc1nc(COC(=O)c2cc(C)no2)cs1. The van der Waals surface area contributed by atoms with Gasteiger partial charge in [0.25, 0.3) is 0 Å². The maximum Gasteiger partial charge on any atom is 0.377 e. The second-order valence-corrected chi connectivity index (χ2v) is 6.51. The van der Waals surface area contributed by atoms with Gasteiger partial charge in [-0.15, -0.1) is 11.3 Å². The van der Waals surface area contributed by atoms with Crippen LogP contribution in [0, 0.1) is 6.92 Å². The van der Waals surface area contributed by atoms with Crippen molar-refractivity contribution in [3.05, 3.63) is 57.9 Å². The molecule has 3 aromatic rings. The molecule has 0 fully saturated rings. The molecule has 2 heterocycles. The van der Waals surface area contributed by atoms with Gasteiger partial charge in [-0.25, -0.2) is 9.78 Å². The number of anilines is 1. The van der Waals surface area contributed by atoms with E-state index in [1.54, 1.807) is 31.5 Å². The van der Waals surface area contributed by atoms with Crippen LogP contribution in [0.25, 0.3) is 0 Å². The lowest BCUT2D eigenvalue weighted by Crippen LogP contribution is -2.15. The molecule has 0 bridgehead atoms. The minimum Gasteiger partial charge on any atom is -0.495 e. The Morgan fingerprint density at radius 1 is 1.30 bits per heavy atom. The molecule has 0 atom stereocenters. The number of para-hydroxylation sites is 2. The van der Waals surface area contributed by atoms with Crippen LogP contribution in [0.2, 0.25) is 0 Å². The number of esters is 1. The van der Waals surface area contributed by atoms with Crippen LogP contribution in [0.4, 0.5) is 5.69 Å². The summed E-state index contributed by atoms with van der Waals surface area (Å²) in [6.07, 6.45) is 0.109. The van der Waals surface area contributed by atoms with E-state index < -0.39 is 5.97 Å². The van der Waals surface area contributed by atoms with Crippen molar-refractivity contribution < 1.29 is 23.6 Å². The first-order chi connectivity index (χ1) is 13.0. The summed E-state index contributed by atoms with van der Waals surface area (Å²) in [5, 5.41) is 8.78. The second-order valence-electron chi connectivity index (χ2n) is 5.57. The molecule has 0 saturated carbocycles. The number of amides is 1. The molecule has 27 heavy (non-hydrogen) atoms. The van der Waals surface area contributed by atoms with E-state index in [-0.39, 0.29) is 24.7 Å². The Morgan fingerprint density at radius 3 is 2.85 bits per heavy atom. The Kier molecular flexibility index (Phi) is 5.82. The summed E-state index contributed by atoms with van der Waals surface area (Å²) in [4.78, 5) is 28.3. The fourth-order valence-electron chi connectivity index (χ4n) is 2.25. The minimum absolute atomic E-state index is 0.0107. The Bertz CT molecular complexity index is 950. The van der Waals surface area contributed by atoms with Gasteiger partial charge in [0.1, 0.15) is 17.4 Å². The molecule has 0 unspecified atom stereocenters. The van der Waals surface area contributed by atoms with Gasteiger partial charge in [-0.2, -0.15) is 0 Å². The maximum absolute atomic E-state index is 12.2. The van der Waals surface area contributed by atoms with E-state index in [1.807, 2.05) is 12.1 Å². The van der Waals surface area contributed by atoms with Gasteiger partial charge in [-0.05, 0) is 19.1 Å². The van der Waals surface area contributed by atoms with Crippen LogP contribution in [0.1, 0.15) is 27.0 Å². The zero-order valence-corrected chi connectivity index (χ0v) is 15.5. The molecule has 140 valence electrons. The molecule has 0 radical (unpaired) electrons. The smallest absolute Gasteiger partial charge is 0.377 e. The predicted octanol–water partition coefficient (Wildman–Crippen LogP) is 2.99. The molecule has 8 nitrogen and oxygen atoms in total. The van der Waals surface area contributed by atoms with Gasteiger partial charge < -0.3 is 19.3 Å². The zero-order chi connectivity index (χ0) is 19.2. The lowest BCUT2D eigenvalue weighted by atomic mass is 10.3. The van der Waals surface area contributed by atoms with Gasteiger partial charge in [0.15, 0.2) is 0 Å². The van der Waals surface area contributed by atoms with Crippen LogP contribution in [0.15, 0.2) is 40.2 Å². The van der Waals surface area contributed by atoms with Crippen LogP contribution in [-0.2, 0) is 22.6 Å². The van der Waals surface area contributed by atoms with Crippen molar-refractivity contribution in [3.63, 3.8) is 0 Å². The van der Waals surface area contributed by atoms with Crippen LogP contribution >= 0.6 is 11.3 Å². The van der Waals surface area contributed by atoms with Crippen molar-refractivity contribution in [1.82, 2.24) is 10.1 Å². The number of carbonyl (C=O) groups is 2. The summed E-state index contributed by atoms with van der Waals surface area (Å²) in [6, 6.07) is 8.65. The van der Waals surface area contributed by atoms with E-state index in [0.717, 1.165) is 0 Å². The molecule has 1 amide bonds. The highest BCUT2D eigenvalue weighted by molar-refractivity contribution is 7.09. The molecule has 0 aliphatic rings. The highest BCUT2D eigenvalue weighted by atomic mass is 32.1. The summed E-state index contributed by atoms with van der Waals surface area (Å²) < 4.78 is 15.2. The highest BCUT2D eigenvalue weighted by Crippen LogP contribution is 2.23. The molecule has 0 aliphatic carbocycles. The lowest BCUT2D eigenvalue weighted by molar-refractivity contribution is -0.115. The third-order valence-corrected chi connectivity index (χ3v) is 4.37. The molecule has 1 aromatic carbocycles. The normalized spacial score (nSPS) is 10.4. The van der Waals surface area contributed by atoms with Gasteiger partial charge >= 0.3 is 5.97 Å². The van der Waals surface area contributed by atoms with Gasteiger partial charge in [0.05, 0.1) is 30.6 Å². The van der Waals surface area contributed by atoms with E-state index in [4.69, 9.17) is 14.0 Å². The van der Waals surface area contributed by atoms with E-state index in [2.05, 4.69) is 15.5 Å². The van der Waals surface area contributed by atoms with Crippen molar-refractivity contribution in [3.8, 4) is 5.75 Å². The van der Waals surface area contributed by atoms with Crippen LogP contribution in [0.3, 0.4) is 0 Å². The summed E-state index contributed by atoms with van der Waals surface area (Å²) in [6.45, 7) is 1.70. The summed E-state index contributed by atoms with van der Waals surface area (Å²) in [5.41, 5.74) is 1.75. The topological polar surface area (TPSA) is 104 Å². The molecule has 3 rings (SSSR count). The van der Waals surface area contributed by atoms with Gasteiger partial charge in [0, 0.05) is 11.4 Å². The van der Waals surface area contributed by atoms with E-state index in [0.29, 0.717) is 27.8 Å². The van der Waals surface area contributed by atoms with Crippen LogP contribution in [0.5, 0.6) is 5.75 Å². The van der Waals surface area contributed by atoms with E-state index in [1.165, 1.54) is 17.4 Å². The average Bonchev–Trinajstić information content (AvgIpc) is 3.29. The molecule has 9 heteroatoms. The number of rotatable bonds is 7. The summed E-state index contributed by atoms with van der Waals surface area (Å²) in [7, 11) is 1.54. The number of nitrogens with one attached hydrogen (secondary N) is 1. The number of ether oxygens (including phenoxy) is 2. The number of thiazole rings is 1. The first-order valence-electron chi connectivity index (χ1n) is 8.01. The molecule has 2 aromatic heterocycles. The number of hydrogen-bond donors (Lipinski definition) is 1. The Hall–Kier alpha value is -3.20. The van der Waals surface area contributed by atoms with Crippen molar-refractivity contribution in [1.29, 1.82) is 0 Å². The van der Waals surface area contributed by atoms with Gasteiger partial charge in [-0.1, -0.05) is 17.3 Å². The number of nitrogens with zero attached hydrogens (tertiary/aromatic N) is 2. The number of aromatic nitrogens is 2. The molecular formula is C18H17N3O5S. The van der Waals surface area contributed by atoms with Gasteiger partial charge in [-0.3, -0.25) is 4.79 Å². The Balaban J connectivity index is 1.53. The predicted molar refractivity (Wildman–Crippen MR) is 97.8 cm³/mol. The number of carbonyl (C=O) groups excluding carboxylic acids is 2. The summed E-state index contributed by atoms with van der Waals surface area (Å²) >= 11 is 1.32. The number of benzene rings is 1. The Morgan fingerprint density at radius 2 is 2.11 bits per heavy atom. The third-order valence-electron chi connectivity index (χ3n) is 3.47. The van der Waals surface area contributed by atoms with Crippen molar-refractivity contribution in [2.45, 2.75) is 20.0 Å². The molecule has 0 aliphatic heterocycles. The quantitative estimate of drug-likeness (QED) is 0.622. The van der Waals surface area contributed by atoms with Gasteiger partial charge in [0.2, 0.25) is 11.7 Å². The fourth-order valence-corrected chi connectivity index (χ4v) is 3.02. The van der Waals surface area contributed by atoms with Crippen LogP contribution < -0.4 is 10.1 Å². The monoisotopic (exact) mass is 387 g/mol. The number of methoxy groups -OCH3 is 1. The number of aryl methyl sites for hydroxylation is 1. The summed E-state index contributed by atoms with van der Waals surface area (Å²) in [5.74, 6) is -0.201. The first kappa shape index (κ1) is 18.6. The fraction of sp³-hybridized carbons (Fsp3) is 0.222. The zero-order valence-electron chi connectivity index (χ0n) is 14.7. The van der Waals surface area contributed by atoms with Crippen molar-refractivity contribution in [2.75, 3.05) is 12.4 Å². The first-order valence-corrected chi connectivity index (χ1v) is 8.89. The number of hydrogen-bond acceptors (Lipinski definition) is 8. The molecule has 0 saturated heterocycles. The molecule has 0 spiro atoms. The van der Waals surface area contributed by atoms with Crippen molar-refractivity contribution in [2.24, 2.45) is 0 Å². The molecule has 1 N–H and O–H groups in total. The van der Waals surface area contributed by atoms with E-state index in [9.17, 15) is 9.59 Å². The minimum atomic E-state index is -0.612. The lowest BCUT2D eigenvalue weighted by Gasteiger charge is -2.08. The largest absolute Gasteiger partial charge is 0.495 e. The molecular weight excluding hydrogens is 370 g/mol. The standard InChI is InChI=1S/C18H17N3O5S/c1-11-7-15(26-21-11)18(23)25-9-12-10-27-17(19-12)8-16(22)20-13-5-3-4-6-14(13)24-2/h3-7,10H,8-9H2,1-2H3,(H,20,22). The average molecular weight is 387 g/mol. The van der Waals surface area contributed by atoms with E-state index >= 15 is 0 Å². The maximum atomic E-state index is 12.2. The second kappa shape index (κ2) is 8.45. The Labute approximate surface area is 159 Å². The van der Waals surface area contributed by atoms with Crippen molar-refractivity contribution >= 4 is 28.9 Å².